The summed E-state index contributed by atoms with van der Waals surface area (Å²) in [5.41, 5.74) is 0. The topological polar surface area (TPSA) is 9.23 Å². The van der Waals surface area contributed by atoms with Crippen LogP contribution in [0.15, 0.2) is 0 Å². The zero-order valence-corrected chi connectivity index (χ0v) is 19.9. The Kier molecular flexibility index (Phi) is 22.1. The molecule has 162 valence electrons. The first-order chi connectivity index (χ1) is 13.2. The molecule has 0 spiro atoms. The average molecular weight is 399 g/mol. The van der Waals surface area contributed by atoms with Gasteiger partial charge in [0, 0.05) is 5.92 Å². The number of hydrogen-bond donors (Lipinski definition) is 0. The molecule has 0 saturated heterocycles. The van der Waals surface area contributed by atoms with Gasteiger partial charge in [-0.1, -0.05) is 130 Å². The van der Waals surface area contributed by atoms with Gasteiger partial charge in [0.1, 0.15) is 0 Å². The second kappa shape index (κ2) is 22.2. The average Bonchev–Trinajstić information content (AvgIpc) is 2.67. The molecule has 0 aliphatic rings. The van der Waals surface area contributed by atoms with Crippen LogP contribution >= 0.6 is 12.2 Å². The molecule has 1 nitrogen and oxygen atoms in total. The predicted molar refractivity (Wildman–Crippen MR) is 127 cm³/mol. The van der Waals surface area contributed by atoms with Gasteiger partial charge in [-0.25, -0.2) is 0 Å². The van der Waals surface area contributed by atoms with E-state index < -0.39 is 0 Å². The van der Waals surface area contributed by atoms with Crippen molar-refractivity contribution in [2.45, 2.75) is 143 Å². The van der Waals surface area contributed by atoms with Crippen molar-refractivity contribution in [3.8, 4) is 0 Å². The Balaban J connectivity index is 3.28. The van der Waals surface area contributed by atoms with E-state index in [1.165, 1.54) is 122 Å². The summed E-state index contributed by atoms with van der Waals surface area (Å²) in [5, 5.41) is 0.853. The molecular weight excluding hydrogens is 348 g/mol. The Bertz CT molecular complexity index is 303. The Labute approximate surface area is 177 Å². The van der Waals surface area contributed by atoms with Crippen LogP contribution in [0.4, 0.5) is 0 Å². The number of ether oxygens (including phenoxy) is 1. The third-order valence-electron chi connectivity index (χ3n) is 5.64. The molecule has 0 amide bonds. The lowest BCUT2D eigenvalue weighted by Gasteiger charge is -2.14. The van der Waals surface area contributed by atoms with Crippen molar-refractivity contribution in [3.05, 3.63) is 0 Å². The summed E-state index contributed by atoms with van der Waals surface area (Å²) in [6.07, 6.45) is 26.0. The Morgan fingerprint density at radius 3 is 1.41 bits per heavy atom. The summed E-state index contributed by atoms with van der Waals surface area (Å²) >= 11 is 5.46. The van der Waals surface area contributed by atoms with Gasteiger partial charge in [-0.2, -0.15) is 0 Å². The van der Waals surface area contributed by atoms with E-state index >= 15 is 0 Å². The van der Waals surface area contributed by atoms with Crippen molar-refractivity contribution in [1.29, 1.82) is 0 Å². The minimum Gasteiger partial charge on any atom is -0.487 e. The monoisotopic (exact) mass is 398 g/mol. The lowest BCUT2D eigenvalue weighted by atomic mass is 10.0. The van der Waals surface area contributed by atoms with E-state index in [4.69, 9.17) is 17.0 Å². The molecule has 0 aliphatic carbocycles. The molecule has 2 heteroatoms. The molecule has 0 bridgehead atoms. The number of hydrogen-bond acceptors (Lipinski definition) is 2. The van der Waals surface area contributed by atoms with Crippen LogP contribution < -0.4 is 0 Å². The molecule has 0 aromatic heterocycles. The fourth-order valence-corrected chi connectivity index (χ4v) is 3.81. The first-order valence-corrected chi connectivity index (χ1v) is 12.8. The highest BCUT2D eigenvalue weighted by atomic mass is 32.1. The molecule has 0 fully saturated rings. The Hall–Kier alpha value is -0.110. The summed E-state index contributed by atoms with van der Waals surface area (Å²) < 4.78 is 5.82. The molecule has 0 N–H and O–H groups in total. The minimum atomic E-state index is 0.448. The third-order valence-corrected chi connectivity index (χ3v) is 6.16. The minimum absolute atomic E-state index is 0.448. The summed E-state index contributed by atoms with van der Waals surface area (Å²) in [6.45, 7) is 7.62. The van der Waals surface area contributed by atoms with Gasteiger partial charge in [0.2, 0.25) is 0 Å². The second-order valence-corrected chi connectivity index (χ2v) is 8.92. The van der Waals surface area contributed by atoms with Crippen molar-refractivity contribution in [3.63, 3.8) is 0 Å². The molecule has 0 aromatic rings. The van der Waals surface area contributed by atoms with Crippen LogP contribution in [0.5, 0.6) is 0 Å². The summed E-state index contributed by atoms with van der Waals surface area (Å²) in [6, 6.07) is 0. The van der Waals surface area contributed by atoms with E-state index in [9.17, 15) is 0 Å². The van der Waals surface area contributed by atoms with Gasteiger partial charge in [-0.3, -0.25) is 0 Å². The standard InChI is InChI=1S/C25H50OS/c1-4-6-8-10-12-13-14-15-16-17-19-21-23-26-25(27)24(3)22-20-18-11-9-7-5-2/h24H,4-23H2,1-3H3. The van der Waals surface area contributed by atoms with Gasteiger partial charge in [0.05, 0.1) is 6.61 Å². The largest absolute Gasteiger partial charge is 0.487 e. The third kappa shape index (κ3) is 20.4. The molecule has 1 unspecified atom stereocenters. The van der Waals surface area contributed by atoms with Crippen LogP contribution in [0.1, 0.15) is 143 Å². The van der Waals surface area contributed by atoms with E-state index in [2.05, 4.69) is 20.8 Å². The first-order valence-electron chi connectivity index (χ1n) is 12.4. The molecule has 27 heavy (non-hydrogen) atoms. The molecule has 0 heterocycles. The van der Waals surface area contributed by atoms with Crippen molar-refractivity contribution in [1.82, 2.24) is 0 Å². The van der Waals surface area contributed by atoms with Gasteiger partial charge in [0.25, 0.3) is 0 Å². The fraction of sp³-hybridized carbons (Fsp3) is 0.960. The highest BCUT2D eigenvalue weighted by Crippen LogP contribution is 2.15. The maximum atomic E-state index is 5.82. The Morgan fingerprint density at radius 2 is 0.963 bits per heavy atom. The Morgan fingerprint density at radius 1 is 0.593 bits per heavy atom. The van der Waals surface area contributed by atoms with Crippen LogP contribution in [0, 0.1) is 5.92 Å². The summed E-state index contributed by atoms with van der Waals surface area (Å²) in [5.74, 6) is 0.448. The van der Waals surface area contributed by atoms with Gasteiger partial charge < -0.3 is 4.74 Å². The van der Waals surface area contributed by atoms with Crippen LogP contribution in [-0.2, 0) is 4.74 Å². The number of thiocarbonyl (C=S) groups is 1. The van der Waals surface area contributed by atoms with Crippen molar-refractivity contribution < 1.29 is 4.74 Å². The zero-order chi connectivity index (χ0) is 20.0. The predicted octanol–water partition coefficient (Wildman–Crippen LogP) is 9.42. The van der Waals surface area contributed by atoms with Gasteiger partial charge >= 0.3 is 0 Å². The van der Waals surface area contributed by atoms with Crippen molar-refractivity contribution in [2.75, 3.05) is 6.61 Å². The molecule has 0 radical (unpaired) electrons. The van der Waals surface area contributed by atoms with Crippen LogP contribution in [0.2, 0.25) is 0 Å². The van der Waals surface area contributed by atoms with E-state index in [-0.39, 0.29) is 0 Å². The first kappa shape index (κ1) is 26.9. The van der Waals surface area contributed by atoms with Crippen LogP contribution in [0.3, 0.4) is 0 Å². The lowest BCUT2D eigenvalue weighted by Crippen LogP contribution is -2.13. The summed E-state index contributed by atoms with van der Waals surface area (Å²) in [4.78, 5) is 0. The zero-order valence-electron chi connectivity index (χ0n) is 19.0. The number of rotatable bonds is 21. The molecular formula is C25H50OS. The van der Waals surface area contributed by atoms with Crippen LogP contribution in [0.25, 0.3) is 0 Å². The van der Waals surface area contributed by atoms with Crippen LogP contribution in [-0.4, -0.2) is 11.7 Å². The van der Waals surface area contributed by atoms with Crippen molar-refractivity contribution >= 4 is 17.3 Å². The summed E-state index contributed by atoms with van der Waals surface area (Å²) in [7, 11) is 0. The van der Waals surface area contributed by atoms with E-state index in [1.807, 2.05) is 0 Å². The normalized spacial score (nSPS) is 12.3. The fourth-order valence-electron chi connectivity index (χ4n) is 3.61. The molecule has 0 rings (SSSR count). The maximum absolute atomic E-state index is 5.82. The van der Waals surface area contributed by atoms with Crippen molar-refractivity contribution in [2.24, 2.45) is 5.92 Å². The van der Waals surface area contributed by atoms with Gasteiger partial charge in [-0.05, 0) is 25.1 Å². The van der Waals surface area contributed by atoms with Gasteiger partial charge in [0.15, 0.2) is 5.05 Å². The van der Waals surface area contributed by atoms with E-state index in [0.717, 1.165) is 11.7 Å². The molecule has 1 atom stereocenters. The maximum Gasteiger partial charge on any atom is 0.162 e. The second-order valence-electron chi connectivity index (χ2n) is 8.51. The molecule has 0 saturated carbocycles. The highest BCUT2D eigenvalue weighted by molar-refractivity contribution is 7.80. The SMILES string of the molecule is CCCCCCCCCCCCCCOC(=S)C(C)CCCCCCCC. The number of unbranched alkanes of at least 4 members (excludes halogenated alkanes) is 16. The van der Waals surface area contributed by atoms with Gasteiger partial charge in [-0.15, -0.1) is 0 Å². The lowest BCUT2D eigenvalue weighted by molar-refractivity contribution is 0.278. The molecule has 0 aromatic carbocycles. The van der Waals surface area contributed by atoms with E-state index in [1.54, 1.807) is 0 Å². The van der Waals surface area contributed by atoms with E-state index in [0.29, 0.717) is 5.92 Å². The smallest absolute Gasteiger partial charge is 0.162 e. The quantitative estimate of drug-likeness (QED) is 0.141. The highest BCUT2D eigenvalue weighted by Gasteiger charge is 2.09. The molecule has 0 aliphatic heterocycles.